The van der Waals surface area contributed by atoms with E-state index in [2.05, 4.69) is 11.1 Å². The van der Waals surface area contributed by atoms with Crippen LogP contribution in [0.5, 0.6) is 6.01 Å². The first-order chi connectivity index (χ1) is 11.3. The standard InChI is InChI=1S/C18H14ClN3O/c19-16-8-4-5-14(11-16)13-23-18-21-9-10-22(18)17(12-20)15-6-2-1-3-7-15/h1-11,17H,13H2. The number of ether oxygens (including phenoxy) is 1. The molecule has 23 heavy (non-hydrogen) atoms. The van der Waals surface area contributed by atoms with E-state index in [-0.39, 0.29) is 0 Å². The molecular weight excluding hydrogens is 310 g/mol. The van der Waals surface area contributed by atoms with Gasteiger partial charge in [0.2, 0.25) is 0 Å². The smallest absolute Gasteiger partial charge is 0.297 e. The average Bonchev–Trinajstić information content (AvgIpc) is 3.03. The molecule has 0 aliphatic rings. The minimum Gasteiger partial charge on any atom is -0.460 e. The number of halogens is 1. The van der Waals surface area contributed by atoms with E-state index in [1.807, 2.05) is 54.6 Å². The number of aromatic nitrogens is 2. The molecule has 0 amide bonds. The van der Waals surface area contributed by atoms with E-state index >= 15 is 0 Å². The van der Waals surface area contributed by atoms with Crippen LogP contribution in [0.15, 0.2) is 67.0 Å². The van der Waals surface area contributed by atoms with Gasteiger partial charge in [-0.05, 0) is 23.3 Å². The second-order valence-electron chi connectivity index (χ2n) is 4.98. The molecule has 0 spiro atoms. The zero-order chi connectivity index (χ0) is 16.1. The molecule has 0 saturated heterocycles. The zero-order valence-electron chi connectivity index (χ0n) is 12.3. The number of benzene rings is 2. The lowest BCUT2D eigenvalue weighted by molar-refractivity contribution is 0.266. The van der Waals surface area contributed by atoms with Gasteiger partial charge in [0.15, 0.2) is 6.04 Å². The molecule has 114 valence electrons. The van der Waals surface area contributed by atoms with E-state index in [9.17, 15) is 5.26 Å². The molecule has 0 N–H and O–H groups in total. The first kappa shape index (κ1) is 15.1. The van der Waals surface area contributed by atoms with E-state index in [0.717, 1.165) is 11.1 Å². The quantitative estimate of drug-likeness (QED) is 0.706. The molecule has 1 atom stereocenters. The molecule has 3 rings (SSSR count). The molecule has 0 aliphatic heterocycles. The van der Waals surface area contributed by atoms with E-state index < -0.39 is 6.04 Å². The predicted octanol–water partition coefficient (Wildman–Crippen LogP) is 4.23. The van der Waals surface area contributed by atoms with Gasteiger partial charge >= 0.3 is 0 Å². The monoisotopic (exact) mass is 323 g/mol. The van der Waals surface area contributed by atoms with Crippen molar-refractivity contribution in [1.82, 2.24) is 9.55 Å². The van der Waals surface area contributed by atoms with E-state index in [1.165, 1.54) is 0 Å². The molecule has 1 unspecified atom stereocenters. The Balaban J connectivity index is 1.80. The maximum atomic E-state index is 9.53. The number of nitrogens with zero attached hydrogens (tertiary/aromatic N) is 3. The molecule has 2 aromatic carbocycles. The summed E-state index contributed by atoms with van der Waals surface area (Å²) in [7, 11) is 0. The van der Waals surface area contributed by atoms with Crippen molar-refractivity contribution in [2.24, 2.45) is 0 Å². The van der Waals surface area contributed by atoms with Crippen LogP contribution in [0.3, 0.4) is 0 Å². The minimum atomic E-state index is -0.479. The van der Waals surface area contributed by atoms with E-state index in [0.29, 0.717) is 17.6 Å². The Morgan fingerprint density at radius 1 is 1.17 bits per heavy atom. The maximum absolute atomic E-state index is 9.53. The summed E-state index contributed by atoms with van der Waals surface area (Å²) in [4.78, 5) is 4.20. The molecule has 0 aliphatic carbocycles. The van der Waals surface area contributed by atoms with Crippen molar-refractivity contribution >= 4 is 11.6 Å². The normalized spacial score (nSPS) is 11.7. The molecule has 0 fully saturated rings. The van der Waals surface area contributed by atoms with Crippen molar-refractivity contribution in [2.75, 3.05) is 0 Å². The van der Waals surface area contributed by atoms with Gasteiger partial charge in [0, 0.05) is 17.4 Å². The minimum absolute atomic E-state index is 0.338. The van der Waals surface area contributed by atoms with Gasteiger partial charge in [-0.25, -0.2) is 4.98 Å². The number of rotatable bonds is 5. The Labute approximate surface area is 139 Å². The van der Waals surface area contributed by atoms with Crippen LogP contribution < -0.4 is 4.74 Å². The summed E-state index contributed by atoms with van der Waals surface area (Å²) in [6.07, 6.45) is 3.37. The summed E-state index contributed by atoms with van der Waals surface area (Å²) in [5, 5.41) is 10.2. The van der Waals surface area contributed by atoms with Gasteiger partial charge in [0.25, 0.3) is 6.01 Å². The van der Waals surface area contributed by atoms with Crippen molar-refractivity contribution in [3.05, 3.63) is 83.1 Å². The average molecular weight is 324 g/mol. The van der Waals surface area contributed by atoms with E-state index in [4.69, 9.17) is 16.3 Å². The van der Waals surface area contributed by atoms with Gasteiger partial charge in [-0.15, -0.1) is 0 Å². The molecule has 0 radical (unpaired) electrons. The molecule has 3 aromatic rings. The third-order valence-electron chi connectivity index (χ3n) is 3.41. The fourth-order valence-electron chi connectivity index (χ4n) is 2.31. The molecule has 0 saturated carbocycles. The Morgan fingerprint density at radius 2 is 2.00 bits per heavy atom. The summed E-state index contributed by atoms with van der Waals surface area (Å²) in [5.74, 6) is 0. The van der Waals surface area contributed by atoms with Gasteiger partial charge in [0.05, 0.1) is 6.07 Å². The lowest BCUT2D eigenvalue weighted by Gasteiger charge is -2.14. The van der Waals surface area contributed by atoms with Crippen LogP contribution in [-0.4, -0.2) is 9.55 Å². The van der Waals surface area contributed by atoms with Gasteiger partial charge in [0.1, 0.15) is 6.61 Å². The fraction of sp³-hybridized carbons (Fsp3) is 0.111. The second-order valence-corrected chi connectivity index (χ2v) is 5.41. The number of hydrogen-bond donors (Lipinski definition) is 0. The highest BCUT2D eigenvalue weighted by Gasteiger charge is 2.17. The molecule has 5 heteroatoms. The van der Waals surface area contributed by atoms with Gasteiger partial charge < -0.3 is 4.74 Å². The molecule has 1 aromatic heterocycles. The van der Waals surface area contributed by atoms with Crippen molar-refractivity contribution in [1.29, 1.82) is 5.26 Å². The number of nitriles is 1. The first-order valence-electron chi connectivity index (χ1n) is 7.12. The largest absolute Gasteiger partial charge is 0.460 e. The summed E-state index contributed by atoms with van der Waals surface area (Å²) >= 11 is 5.97. The highest BCUT2D eigenvalue weighted by atomic mass is 35.5. The van der Waals surface area contributed by atoms with Crippen LogP contribution in [0, 0.1) is 11.3 Å². The fourth-order valence-corrected chi connectivity index (χ4v) is 2.53. The second kappa shape index (κ2) is 6.99. The maximum Gasteiger partial charge on any atom is 0.297 e. The van der Waals surface area contributed by atoms with Gasteiger partial charge in [-0.1, -0.05) is 54.1 Å². The van der Waals surface area contributed by atoms with Crippen molar-refractivity contribution < 1.29 is 4.74 Å². The Kier molecular flexibility index (Phi) is 4.60. The summed E-state index contributed by atoms with van der Waals surface area (Å²) < 4.78 is 7.49. The molecular formula is C18H14ClN3O. The van der Waals surface area contributed by atoms with E-state index in [1.54, 1.807) is 17.0 Å². The Morgan fingerprint density at radius 3 is 2.74 bits per heavy atom. The number of hydrogen-bond acceptors (Lipinski definition) is 3. The first-order valence-corrected chi connectivity index (χ1v) is 7.50. The van der Waals surface area contributed by atoms with Crippen LogP contribution in [0.4, 0.5) is 0 Å². The summed E-state index contributed by atoms with van der Waals surface area (Å²) in [6, 6.07) is 19.2. The highest BCUT2D eigenvalue weighted by molar-refractivity contribution is 6.30. The van der Waals surface area contributed by atoms with Gasteiger partial charge in [-0.3, -0.25) is 4.57 Å². The lowest BCUT2D eigenvalue weighted by atomic mass is 10.1. The third kappa shape index (κ3) is 3.53. The van der Waals surface area contributed by atoms with Crippen LogP contribution >= 0.6 is 11.6 Å². The topological polar surface area (TPSA) is 50.8 Å². The van der Waals surface area contributed by atoms with Crippen LogP contribution in [-0.2, 0) is 6.61 Å². The summed E-state index contributed by atoms with van der Waals surface area (Å²) in [6.45, 7) is 0.338. The highest BCUT2D eigenvalue weighted by Crippen LogP contribution is 2.23. The predicted molar refractivity (Wildman–Crippen MR) is 88.2 cm³/mol. The molecule has 4 nitrogen and oxygen atoms in total. The van der Waals surface area contributed by atoms with Crippen molar-refractivity contribution in [2.45, 2.75) is 12.6 Å². The zero-order valence-corrected chi connectivity index (χ0v) is 13.0. The van der Waals surface area contributed by atoms with Crippen LogP contribution in [0.2, 0.25) is 5.02 Å². The SMILES string of the molecule is N#CC(c1ccccc1)n1ccnc1OCc1cccc(Cl)c1. The Hall–Kier alpha value is -2.77. The summed E-state index contributed by atoms with van der Waals surface area (Å²) in [5.41, 5.74) is 1.83. The van der Waals surface area contributed by atoms with Crippen molar-refractivity contribution in [3.8, 4) is 12.1 Å². The number of imidazole rings is 1. The third-order valence-corrected chi connectivity index (χ3v) is 3.64. The van der Waals surface area contributed by atoms with Gasteiger partial charge in [-0.2, -0.15) is 5.26 Å². The van der Waals surface area contributed by atoms with Crippen LogP contribution in [0.1, 0.15) is 17.2 Å². The molecule has 1 heterocycles. The van der Waals surface area contributed by atoms with Crippen LogP contribution in [0.25, 0.3) is 0 Å². The van der Waals surface area contributed by atoms with Crippen molar-refractivity contribution in [3.63, 3.8) is 0 Å². The lowest BCUT2D eigenvalue weighted by Crippen LogP contribution is -2.10. The Bertz CT molecular complexity index is 824. The molecule has 0 bridgehead atoms.